The Kier molecular flexibility index (Phi) is 5.66. The molecule has 1 aromatic rings. The van der Waals surface area contributed by atoms with Gasteiger partial charge in [0, 0.05) is 16.8 Å². The molecule has 3 atom stereocenters. The minimum absolute atomic E-state index is 0.0823. The van der Waals surface area contributed by atoms with Gasteiger partial charge in [0.15, 0.2) is 0 Å². The smallest absolute Gasteiger partial charge is 0.322 e. The van der Waals surface area contributed by atoms with Crippen LogP contribution in [-0.2, 0) is 14.3 Å². The maximum atomic E-state index is 13.0. The van der Waals surface area contributed by atoms with Gasteiger partial charge in [0.1, 0.15) is 6.04 Å². The van der Waals surface area contributed by atoms with Crippen molar-refractivity contribution in [2.24, 2.45) is 0 Å². The molecule has 2 fully saturated rings. The fraction of sp³-hybridized carbons (Fsp3) is 0.500. The standard InChI is InChI=1S/C18H22ClN3O4/c1-26-16(23)10-15-17(24)21-13-4-2-3-5-14(13)22(15)18(25)20-12-8-6-11(19)7-9-12/h6-9,13-15H,2-5,10H2,1H3,(H,20,25)(H,21,24)/t13-,14-,15-/m0/s1. The van der Waals surface area contributed by atoms with Crippen LogP contribution in [0.3, 0.4) is 0 Å². The molecule has 7 nitrogen and oxygen atoms in total. The molecule has 1 saturated heterocycles. The van der Waals surface area contributed by atoms with E-state index in [1.807, 2.05) is 0 Å². The van der Waals surface area contributed by atoms with Crippen molar-refractivity contribution in [3.8, 4) is 0 Å². The number of hydrogen-bond acceptors (Lipinski definition) is 4. The fourth-order valence-corrected chi connectivity index (χ4v) is 3.82. The van der Waals surface area contributed by atoms with Crippen LogP contribution in [0.25, 0.3) is 0 Å². The van der Waals surface area contributed by atoms with E-state index >= 15 is 0 Å². The van der Waals surface area contributed by atoms with Crippen molar-refractivity contribution < 1.29 is 19.1 Å². The van der Waals surface area contributed by atoms with E-state index in [9.17, 15) is 14.4 Å². The van der Waals surface area contributed by atoms with Crippen molar-refractivity contribution in [3.05, 3.63) is 29.3 Å². The third-order valence-corrected chi connectivity index (χ3v) is 5.22. The normalized spacial score (nSPS) is 25.1. The number of hydrogen-bond donors (Lipinski definition) is 2. The van der Waals surface area contributed by atoms with Gasteiger partial charge in [-0.25, -0.2) is 4.79 Å². The Morgan fingerprint density at radius 1 is 1.27 bits per heavy atom. The van der Waals surface area contributed by atoms with Crippen molar-refractivity contribution in [3.63, 3.8) is 0 Å². The van der Waals surface area contributed by atoms with E-state index in [0.29, 0.717) is 10.7 Å². The topological polar surface area (TPSA) is 87.7 Å². The average molecular weight is 380 g/mol. The summed E-state index contributed by atoms with van der Waals surface area (Å²) in [4.78, 5) is 38.8. The Bertz CT molecular complexity index is 694. The molecule has 1 saturated carbocycles. The zero-order valence-corrected chi connectivity index (χ0v) is 15.3. The predicted octanol–water partition coefficient (Wildman–Crippen LogP) is 2.55. The molecule has 3 rings (SSSR count). The molecule has 1 aromatic carbocycles. The Morgan fingerprint density at radius 3 is 2.65 bits per heavy atom. The number of methoxy groups -OCH3 is 1. The second kappa shape index (κ2) is 7.95. The highest BCUT2D eigenvalue weighted by molar-refractivity contribution is 6.30. The lowest BCUT2D eigenvalue weighted by molar-refractivity contribution is -0.146. The number of rotatable bonds is 3. The van der Waals surface area contributed by atoms with E-state index in [-0.39, 0.29) is 24.4 Å². The van der Waals surface area contributed by atoms with Crippen molar-refractivity contribution in [2.45, 2.75) is 50.2 Å². The van der Waals surface area contributed by atoms with Gasteiger partial charge in [-0.05, 0) is 37.1 Å². The number of fused-ring (bicyclic) bond motifs is 1. The number of benzene rings is 1. The van der Waals surface area contributed by atoms with E-state index in [1.54, 1.807) is 24.3 Å². The average Bonchev–Trinajstić information content (AvgIpc) is 2.63. The fourth-order valence-electron chi connectivity index (χ4n) is 3.69. The Balaban J connectivity index is 1.85. The van der Waals surface area contributed by atoms with Gasteiger partial charge in [-0.15, -0.1) is 0 Å². The number of anilines is 1. The van der Waals surface area contributed by atoms with Crippen molar-refractivity contribution in [1.82, 2.24) is 10.2 Å². The SMILES string of the molecule is COC(=O)C[C@H]1C(=O)N[C@H]2CCCC[C@@H]2N1C(=O)Nc1ccc(Cl)cc1. The summed E-state index contributed by atoms with van der Waals surface area (Å²) in [5, 5.41) is 6.34. The van der Waals surface area contributed by atoms with Crippen LogP contribution in [0, 0.1) is 0 Å². The predicted molar refractivity (Wildman–Crippen MR) is 96.9 cm³/mol. The third kappa shape index (κ3) is 3.93. The number of piperazine rings is 1. The van der Waals surface area contributed by atoms with Crippen molar-refractivity contribution >= 4 is 35.2 Å². The van der Waals surface area contributed by atoms with Gasteiger partial charge in [0.05, 0.1) is 19.6 Å². The highest BCUT2D eigenvalue weighted by atomic mass is 35.5. The number of esters is 1. The van der Waals surface area contributed by atoms with Gasteiger partial charge in [-0.2, -0.15) is 0 Å². The molecule has 1 aliphatic carbocycles. The summed E-state index contributed by atoms with van der Waals surface area (Å²) in [7, 11) is 1.27. The summed E-state index contributed by atoms with van der Waals surface area (Å²) in [6.45, 7) is 0. The Hall–Kier alpha value is -2.28. The monoisotopic (exact) mass is 379 g/mol. The van der Waals surface area contributed by atoms with Crippen LogP contribution < -0.4 is 10.6 Å². The van der Waals surface area contributed by atoms with Crippen LogP contribution in [-0.4, -0.2) is 48.0 Å². The molecule has 0 aromatic heterocycles. The number of carbonyl (C=O) groups excluding carboxylic acids is 3. The number of ether oxygens (including phenoxy) is 1. The molecule has 2 N–H and O–H groups in total. The first-order chi connectivity index (χ1) is 12.5. The third-order valence-electron chi connectivity index (χ3n) is 4.97. The lowest BCUT2D eigenvalue weighted by Crippen LogP contribution is -2.68. The number of urea groups is 1. The summed E-state index contributed by atoms with van der Waals surface area (Å²) < 4.78 is 4.70. The van der Waals surface area contributed by atoms with E-state index in [1.165, 1.54) is 12.0 Å². The lowest BCUT2D eigenvalue weighted by Gasteiger charge is -2.47. The Morgan fingerprint density at radius 2 is 1.96 bits per heavy atom. The maximum Gasteiger partial charge on any atom is 0.322 e. The molecule has 1 heterocycles. The van der Waals surface area contributed by atoms with Gasteiger partial charge in [0.2, 0.25) is 5.91 Å². The molecule has 0 spiro atoms. The minimum Gasteiger partial charge on any atom is -0.469 e. The van der Waals surface area contributed by atoms with Crippen LogP contribution in [0.2, 0.25) is 5.02 Å². The van der Waals surface area contributed by atoms with Gasteiger partial charge in [0.25, 0.3) is 0 Å². The summed E-state index contributed by atoms with van der Waals surface area (Å²) in [5.41, 5.74) is 0.578. The largest absolute Gasteiger partial charge is 0.469 e. The number of nitrogens with one attached hydrogen (secondary N) is 2. The van der Waals surface area contributed by atoms with Crippen LogP contribution in [0.5, 0.6) is 0 Å². The lowest BCUT2D eigenvalue weighted by atomic mass is 9.85. The van der Waals surface area contributed by atoms with Crippen LogP contribution in [0.4, 0.5) is 10.5 Å². The molecule has 8 heteroatoms. The second-order valence-electron chi connectivity index (χ2n) is 6.61. The van der Waals surface area contributed by atoms with E-state index < -0.39 is 18.0 Å². The van der Waals surface area contributed by atoms with E-state index in [0.717, 1.165) is 25.7 Å². The highest BCUT2D eigenvalue weighted by Crippen LogP contribution is 2.30. The van der Waals surface area contributed by atoms with Crippen LogP contribution in [0.15, 0.2) is 24.3 Å². The maximum absolute atomic E-state index is 13.0. The van der Waals surface area contributed by atoms with Gasteiger partial charge in [-0.3, -0.25) is 9.59 Å². The summed E-state index contributed by atoms with van der Waals surface area (Å²) >= 11 is 5.88. The molecule has 2 aliphatic rings. The van der Waals surface area contributed by atoms with Gasteiger partial charge < -0.3 is 20.3 Å². The molecule has 1 aliphatic heterocycles. The van der Waals surface area contributed by atoms with E-state index in [2.05, 4.69) is 10.6 Å². The zero-order valence-electron chi connectivity index (χ0n) is 14.5. The first-order valence-corrected chi connectivity index (χ1v) is 9.09. The van der Waals surface area contributed by atoms with Crippen LogP contribution in [0.1, 0.15) is 32.1 Å². The first kappa shape index (κ1) is 18.5. The minimum atomic E-state index is -0.880. The summed E-state index contributed by atoms with van der Waals surface area (Å²) in [6.07, 6.45) is 3.44. The van der Waals surface area contributed by atoms with Crippen molar-refractivity contribution in [2.75, 3.05) is 12.4 Å². The number of nitrogens with zero attached hydrogens (tertiary/aromatic N) is 1. The first-order valence-electron chi connectivity index (χ1n) is 8.71. The summed E-state index contributed by atoms with van der Waals surface area (Å²) in [6, 6.07) is 5.24. The van der Waals surface area contributed by atoms with Crippen molar-refractivity contribution in [1.29, 1.82) is 0 Å². The quantitative estimate of drug-likeness (QED) is 0.790. The zero-order chi connectivity index (χ0) is 18.7. The van der Waals surface area contributed by atoms with Crippen LogP contribution >= 0.6 is 11.6 Å². The molecule has 0 bridgehead atoms. The van der Waals surface area contributed by atoms with Gasteiger partial charge >= 0.3 is 12.0 Å². The molecule has 26 heavy (non-hydrogen) atoms. The molecule has 3 amide bonds. The van der Waals surface area contributed by atoms with Gasteiger partial charge in [-0.1, -0.05) is 24.4 Å². The molecular formula is C18H22ClN3O4. The number of carbonyl (C=O) groups is 3. The van der Waals surface area contributed by atoms with E-state index in [4.69, 9.17) is 16.3 Å². The molecular weight excluding hydrogens is 358 g/mol. The Labute approximate surface area is 157 Å². The number of halogens is 1. The number of amides is 3. The second-order valence-corrected chi connectivity index (χ2v) is 7.04. The summed E-state index contributed by atoms with van der Waals surface area (Å²) in [5.74, 6) is -0.839. The highest BCUT2D eigenvalue weighted by Gasteiger charge is 2.46. The molecule has 140 valence electrons. The molecule has 0 radical (unpaired) electrons. The molecule has 0 unspecified atom stereocenters.